The highest BCUT2D eigenvalue weighted by Gasteiger charge is 2.28. The Hall–Kier alpha value is -2.45. The maximum Gasteiger partial charge on any atom is 0.410 e. The Labute approximate surface area is 216 Å². The van der Waals surface area contributed by atoms with Gasteiger partial charge in [-0.3, -0.25) is 9.59 Å². The van der Waals surface area contributed by atoms with Crippen LogP contribution in [0.2, 0.25) is 5.02 Å². The van der Waals surface area contributed by atoms with Crippen molar-refractivity contribution in [2.45, 2.75) is 76.7 Å². The van der Waals surface area contributed by atoms with Crippen LogP contribution in [0.25, 0.3) is 0 Å². The number of halogens is 1. The fourth-order valence-electron chi connectivity index (χ4n) is 4.04. The Balaban J connectivity index is 1.66. The third kappa shape index (κ3) is 7.27. The molecule has 0 atom stereocenters. The number of H-pyrrole nitrogens is 1. The van der Waals surface area contributed by atoms with Crippen molar-refractivity contribution in [1.82, 2.24) is 15.2 Å². The minimum absolute atomic E-state index is 0.137. The lowest BCUT2D eigenvalue weighted by Crippen LogP contribution is -2.42. The van der Waals surface area contributed by atoms with Gasteiger partial charge in [-0.1, -0.05) is 11.6 Å². The minimum atomic E-state index is -0.511. The summed E-state index contributed by atoms with van der Waals surface area (Å²) in [6.07, 6.45) is 1.38. The van der Waals surface area contributed by atoms with E-state index in [2.05, 4.69) is 10.3 Å². The average Bonchev–Trinajstić information content (AvgIpc) is 2.74. The van der Waals surface area contributed by atoms with E-state index in [-0.39, 0.29) is 24.1 Å². The third-order valence-corrected chi connectivity index (χ3v) is 7.58. The molecule has 2 aromatic rings. The molecule has 190 valence electrons. The van der Waals surface area contributed by atoms with Crippen molar-refractivity contribution < 1.29 is 14.3 Å². The molecule has 1 aromatic carbocycles. The summed E-state index contributed by atoms with van der Waals surface area (Å²) in [4.78, 5) is 43.1. The van der Waals surface area contributed by atoms with Crippen molar-refractivity contribution in [2.75, 3.05) is 13.1 Å². The summed E-state index contributed by atoms with van der Waals surface area (Å²) in [6, 6.07) is 5.43. The van der Waals surface area contributed by atoms with Gasteiger partial charge in [-0.15, -0.1) is 11.8 Å². The number of aromatic nitrogens is 1. The maximum absolute atomic E-state index is 13.0. The predicted octanol–water partition coefficient (Wildman–Crippen LogP) is 5.38. The molecule has 0 unspecified atom stereocenters. The topological polar surface area (TPSA) is 91.5 Å². The van der Waals surface area contributed by atoms with Crippen molar-refractivity contribution in [3.8, 4) is 0 Å². The number of pyridine rings is 1. The number of nitrogens with zero attached hydrogens (tertiary/aromatic N) is 1. The number of nitrogens with one attached hydrogen (secondary N) is 2. The number of amides is 2. The molecule has 0 radical (unpaired) electrons. The van der Waals surface area contributed by atoms with E-state index in [4.69, 9.17) is 16.3 Å². The Morgan fingerprint density at radius 1 is 1.17 bits per heavy atom. The second kappa shape index (κ2) is 11.1. The summed E-state index contributed by atoms with van der Waals surface area (Å²) >= 11 is 8.06. The van der Waals surface area contributed by atoms with Crippen LogP contribution in [0.1, 0.15) is 66.4 Å². The first-order valence-electron chi connectivity index (χ1n) is 11.8. The fourth-order valence-corrected chi connectivity index (χ4v) is 5.61. The van der Waals surface area contributed by atoms with Crippen LogP contribution >= 0.6 is 23.4 Å². The van der Waals surface area contributed by atoms with E-state index < -0.39 is 5.60 Å². The van der Waals surface area contributed by atoms with Crippen LogP contribution in [-0.4, -0.2) is 45.8 Å². The number of likely N-dealkylation sites (tertiary alicyclic amines) is 1. The van der Waals surface area contributed by atoms with Gasteiger partial charge in [-0.2, -0.15) is 0 Å². The van der Waals surface area contributed by atoms with Gasteiger partial charge in [-0.05, 0) is 83.7 Å². The zero-order valence-corrected chi connectivity index (χ0v) is 22.8. The molecule has 1 aliphatic rings. The van der Waals surface area contributed by atoms with E-state index in [0.717, 1.165) is 34.6 Å². The summed E-state index contributed by atoms with van der Waals surface area (Å²) in [7, 11) is 0. The molecular formula is C26H34ClN3O4S. The van der Waals surface area contributed by atoms with E-state index in [1.165, 1.54) is 0 Å². The van der Waals surface area contributed by atoms with Gasteiger partial charge in [0.15, 0.2) is 0 Å². The Kier molecular flexibility index (Phi) is 8.59. The van der Waals surface area contributed by atoms with E-state index in [0.29, 0.717) is 34.5 Å². The molecule has 2 heterocycles. The number of thioether (sulfide) groups is 1. The predicted molar refractivity (Wildman–Crippen MR) is 141 cm³/mol. The summed E-state index contributed by atoms with van der Waals surface area (Å²) in [5.41, 5.74) is 2.79. The molecule has 3 rings (SSSR count). The lowest BCUT2D eigenvalue weighted by Gasteiger charge is -2.33. The van der Waals surface area contributed by atoms with Gasteiger partial charge >= 0.3 is 6.09 Å². The number of rotatable bonds is 5. The lowest BCUT2D eigenvalue weighted by molar-refractivity contribution is 0.0219. The van der Waals surface area contributed by atoms with Crippen molar-refractivity contribution in [1.29, 1.82) is 0 Å². The maximum atomic E-state index is 13.0. The van der Waals surface area contributed by atoms with Crippen molar-refractivity contribution in [3.05, 3.63) is 61.5 Å². The molecule has 1 aliphatic heterocycles. The molecule has 0 bridgehead atoms. The first-order chi connectivity index (χ1) is 16.3. The lowest BCUT2D eigenvalue weighted by atomic mass is 10.1. The molecule has 2 amide bonds. The SMILES string of the molecule is Cc1cc(C)c(CNC(=O)c2cc(Cl)cc(SC3CCN(C(=O)OC(C)(C)C)CC3)c2C)c(=O)[nH]1. The first-order valence-corrected chi connectivity index (χ1v) is 13.0. The van der Waals surface area contributed by atoms with Gasteiger partial charge in [0, 0.05) is 51.6 Å². The summed E-state index contributed by atoms with van der Waals surface area (Å²) in [5, 5.41) is 3.65. The van der Waals surface area contributed by atoms with Crippen LogP contribution in [0.15, 0.2) is 27.9 Å². The Bertz CT molecular complexity index is 1160. The molecule has 0 aliphatic carbocycles. The van der Waals surface area contributed by atoms with Gasteiger partial charge in [0.25, 0.3) is 11.5 Å². The number of piperidine rings is 1. The number of hydrogen-bond acceptors (Lipinski definition) is 5. The van der Waals surface area contributed by atoms with Crippen molar-refractivity contribution in [3.63, 3.8) is 0 Å². The van der Waals surface area contributed by atoms with Crippen LogP contribution in [0.3, 0.4) is 0 Å². The van der Waals surface area contributed by atoms with Gasteiger partial charge in [0.2, 0.25) is 0 Å². The highest BCUT2D eigenvalue weighted by Crippen LogP contribution is 2.36. The monoisotopic (exact) mass is 519 g/mol. The number of hydrogen-bond donors (Lipinski definition) is 2. The minimum Gasteiger partial charge on any atom is -0.444 e. The van der Waals surface area contributed by atoms with Gasteiger partial charge in [-0.25, -0.2) is 4.79 Å². The van der Waals surface area contributed by atoms with Gasteiger partial charge in [0.1, 0.15) is 5.60 Å². The van der Waals surface area contributed by atoms with Gasteiger partial charge < -0.3 is 19.9 Å². The normalized spacial score (nSPS) is 14.7. The fraction of sp³-hybridized carbons (Fsp3) is 0.500. The molecule has 2 N–H and O–H groups in total. The Morgan fingerprint density at radius 3 is 2.43 bits per heavy atom. The van der Waals surface area contributed by atoms with Gasteiger partial charge in [0.05, 0.1) is 0 Å². The average molecular weight is 520 g/mol. The molecule has 1 fully saturated rings. The van der Waals surface area contributed by atoms with Crippen LogP contribution < -0.4 is 10.9 Å². The molecular weight excluding hydrogens is 486 g/mol. The van der Waals surface area contributed by atoms with Crippen LogP contribution in [-0.2, 0) is 11.3 Å². The van der Waals surface area contributed by atoms with E-state index >= 15 is 0 Å². The van der Waals surface area contributed by atoms with Crippen LogP contribution in [0.5, 0.6) is 0 Å². The first kappa shape index (κ1) is 27.1. The molecule has 35 heavy (non-hydrogen) atoms. The van der Waals surface area contributed by atoms with Crippen molar-refractivity contribution in [2.24, 2.45) is 0 Å². The zero-order valence-electron chi connectivity index (χ0n) is 21.2. The zero-order chi connectivity index (χ0) is 25.9. The van der Waals surface area contributed by atoms with Crippen LogP contribution in [0, 0.1) is 20.8 Å². The second-order valence-electron chi connectivity index (χ2n) is 9.99. The largest absolute Gasteiger partial charge is 0.444 e. The van der Waals surface area contributed by atoms with Crippen molar-refractivity contribution >= 4 is 35.4 Å². The number of benzene rings is 1. The molecule has 0 saturated carbocycles. The summed E-state index contributed by atoms with van der Waals surface area (Å²) in [6.45, 7) is 12.6. The Morgan fingerprint density at radius 2 is 1.83 bits per heavy atom. The molecule has 1 saturated heterocycles. The van der Waals surface area contributed by atoms with E-state index in [1.807, 2.05) is 53.7 Å². The number of ether oxygens (including phenoxy) is 1. The quantitative estimate of drug-likeness (QED) is 0.553. The molecule has 0 spiro atoms. The summed E-state index contributed by atoms with van der Waals surface area (Å²) < 4.78 is 5.48. The van der Waals surface area contributed by atoms with E-state index in [1.54, 1.807) is 22.7 Å². The smallest absolute Gasteiger partial charge is 0.410 e. The summed E-state index contributed by atoms with van der Waals surface area (Å²) in [5.74, 6) is -0.272. The highest BCUT2D eigenvalue weighted by molar-refractivity contribution is 8.00. The second-order valence-corrected chi connectivity index (χ2v) is 11.8. The third-order valence-electron chi connectivity index (χ3n) is 5.88. The molecule has 1 aromatic heterocycles. The molecule has 7 nitrogen and oxygen atoms in total. The molecule has 9 heteroatoms. The standard InChI is InChI=1S/C26H34ClN3O4S/c1-15-11-16(2)29-24(32)21(15)14-28-23(31)20-12-18(27)13-22(17(20)3)35-19-7-9-30(10-8-19)25(33)34-26(4,5)6/h11-13,19H,7-10,14H2,1-6H3,(H,28,31)(H,29,32). The van der Waals surface area contributed by atoms with E-state index in [9.17, 15) is 14.4 Å². The van der Waals surface area contributed by atoms with Crippen LogP contribution in [0.4, 0.5) is 4.79 Å². The number of aromatic amines is 1. The number of aryl methyl sites for hydroxylation is 2. The number of carbonyl (C=O) groups is 2. The number of carbonyl (C=O) groups excluding carboxylic acids is 2. The highest BCUT2D eigenvalue weighted by atomic mass is 35.5.